The zero-order chi connectivity index (χ0) is 20.0. The Balaban J connectivity index is 2.13. The topological polar surface area (TPSA) is 116 Å². The molecule has 2 rings (SSSR count). The van der Waals surface area contributed by atoms with Gasteiger partial charge in [-0.3, -0.25) is 19.1 Å². The lowest BCUT2D eigenvalue weighted by atomic mass is 10.2. The van der Waals surface area contributed by atoms with E-state index in [0.717, 1.165) is 0 Å². The number of carbonyl (C=O) groups excluding carboxylic acids is 2. The molecule has 0 aliphatic rings. The second-order valence-electron chi connectivity index (χ2n) is 5.44. The average Bonchev–Trinajstić information content (AvgIpc) is 2.67. The zero-order valence-corrected chi connectivity index (χ0v) is 15.5. The van der Waals surface area contributed by atoms with Crippen LogP contribution in [-0.4, -0.2) is 32.9 Å². The van der Waals surface area contributed by atoms with Crippen LogP contribution in [0.5, 0.6) is 0 Å². The normalized spacial score (nSPS) is 12.7. The molecular weight excluding hydrogens is 372 g/mol. The van der Waals surface area contributed by atoms with Crippen molar-refractivity contribution < 1.29 is 23.5 Å². The highest BCUT2D eigenvalue weighted by Gasteiger charge is 2.24. The molecule has 0 heterocycles. The molecule has 27 heavy (non-hydrogen) atoms. The molecule has 2 aromatic carbocycles. The Morgan fingerprint density at radius 1 is 1.19 bits per heavy atom. The third-order valence-corrected chi connectivity index (χ3v) is 5.00. The Labute approximate surface area is 158 Å². The summed E-state index contributed by atoms with van der Waals surface area (Å²) in [6, 6.07) is 11.9. The van der Waals surface area contributed by atoms with Gasteiger partial charge in [-0.15, -0.1) is 0 Å². The number of nitro benzene ring substituents is 1. The number of esters is 1. The Morgan fingerprint density at radius 3 is 2.48 bits per heavy atom. The molecule has 0 fully saturated rings. The van der Waals surface area contributed by atoms with Gasteiger partial charge in [-0.1, -0.05) is 31.2 Å². The molecule has 142 valence electrons. The first-order valence-electron chi connectivity index (χ1n) is 8.07. The van der Waals surface area contributed by atoms with Gasteiger partial charge in [-0.05, 0) is 25.1 Å². The van der Waals surface area contributed by atoms with E-state index in [9.17, 15) is 23.9 Å². The number of para-hydroxylation sites is 2. The second-order valence-corrected chi connectivity index (χ2v) is 7.15. The third-order valence-electron chi connectivity index (χ3n) is 3.63. The van der Waals surface area contributed by atoms with Gasteiger partial charge in [-0.25, -0.2) is 4.79 Å². The van der Waals surface area contributed by atoms with Gasteiger partial charge >= 0.3 is 5.97 Å². The summed E-state index contributed by atoms with van der Waals surface area (Å²) in [4.78, 5) is 35.4. The molecule has 8 nitrogen and oxygen atoms in total. The number of carbonyl (C=O) groups is 2. The molecule has 0 aliphatic carbocycles. The number of nitrogens with one attached hydrogen (secondary N) is 1. The van der Waals surface area contributed by atoms with Gasteiger partial charge in [0.1, 0.15) is 5.69 Å². The number of rotatable bonds is 7. The number of benzene rings is 2. The SMILES string of the molecule is CC[S@@](=O)c1ccccc1C(=O)O[C@@H](C)C(=O)Nc1ccccc1[N+](=O)[O-]. The van der Waals surface area contributed by atoms with E-state index >= 15 is 0 Å². The van der Waals surface area contributed by atoms with Crippen molar-refractivity contribution in [2.24, 2.45) is 0 Å². The highest BCUT2D eigenvalue weighted by atomic mass is 32.2. The lowest BCUT2D eigenvalue weighted by Gasteiger charge is -2.15. The number of nitrogens with zero attached hydrogens (tertiary/aromatic N) is 1. The van der Waals surface area contributed by atoms with Gasteiger partial charge in [-0.2, -0.15) is 0 Å². The van der Waals surface area contributed by atoms with Crippen LogP contribution >= 0.6 is 0 Å². The van der Waals surface area contributed by atoms with Crippen molar-refractivity contribution in [3.05, 3.63) is 64.2 Å². The minimum Gasteiger partial charge on any atom is -0.449 e. The zero-order valence-electron chi connectivity index (χ0n) is 14.7. The van der Waals surface area contributed by atoms with E-state index in [4.69, 9.17) is 4.74 Å². The molecule has 0 unspecified atom stereocenters. The smallest absolute Gasteiger partial charge is 0.340 e. The summed E-state index contributed by atoms with van der Waals surface area (Å²) in [5.74, 6) is -1.18. The molecular formula is C18H18N2O6S. The van der Waals surface area contributed by atoms with E-state index in [0.29, 0.717) is 10.6 Å². The molecule has 0 spiro atoms. The van der Waals surface area contributed by atoms with Crippen LogP contribution in [0.1, 0.15) is 24.2 Å². The molecule has 0 saturated heterocycles. The molecule has 0 aliphatic heterocycles. The third kappa shape index (κ3) is 4.98. The minimum atomic E-state index is -1.36. The average molecular weight is 390 g/mol. The quantitative estimate of drug-likeness (QED) is 0.441. The summed E-state index contributed by atoms with van der Waals surface area (Å²) in [5.41, 5.74) is -0.154. The van der Waals surface area contributed by atoms with E-state index < -0.39 is 33.7 Å². The molecule has 0 aromatic heterocycles. The summed E-state index contributed by atoms with van der Waals surface area (Å²) >= 11 is 0. The van der Waals surface area contributed by atoms with Crippen LogP contribution in [0, 0.1) is 10.1 Å². The van der Waals surface area contributed by atoms with Crippen LogP contribution in [0.4, 0.5) is 11.4 Å². The maximum absolute atomic E-state index is 12.4. The van der Waals surface area contributed by atoms with E-state index in [1.807, 2.05) is 0 Å². The van der Waals surface area contributed by atoms with Crippen molar-refractivity contribution >= 4 is 34.1 Å². The lowest BCUT2D eigenvalue weighted by molar-refractivity contribution is -0.383. The molecule has 2 aromatic rings. The minimum absolute atomic E-state index is 0.00267. The standard InChI is InChI=1S/C18H18N2O6S/c1-3-27(25)16-11-7-4-8-13(16)18(22)26-12(2)17(21)19-14-9-5-6-10-15(14)20(23)24/h4-12H,3H2,1-2H3,(H,19,21)/t12-,27+/m0/s1. The molecule has 1 amide bonds. The van der Waals surface area contributed by atoms with E-state index in [2.05, 4.69) is 5.32 Å². The largest absolute Gasteiger partial charge is 0.449 e. The highest BCUT2D eigenvalue weighted by molar-refractivity contribution is 7.85. The molecule has 1 N–H and O–H groups in total. The maximum Gasteiger partial charge on any atom is 0.340 e. The molecule has 0 saturated carbocycles. The van der Waals surface area contributed by atoms with Crippen molar-refractivity contribution in [3.63, 3.8) is 0 Å². The lowest BCUT2D eigenvalue weighted by Crippen LogP contribution is -2.30. The number of anilines is 1. The van der Waals surface area contributed by atoms with Crippen molar-refractivity contribution in [1.29, 1.82) is 0 Å². The van der Waals surface area contributed by atoms with Crippen LogP contribution in [0.2, 0.25) is 0 Å². The summed E-state index contributed by atoms with van der Waals surface area (Å²) in [7, 11) is -1.36. The van der Waals surface area contributed by atoms with Crippen LogP contribution in [0.15, 0.2) is 53.4 Å². The first-order chi connectivity index (χ1) is 12.8. The number of hydrogen-bond donors (Lipinski definition) is 1. The first kappa shape index (κ1) is 20.2. The number of nitro groups is 1. The Kier molecular flexibility index (Phi) is 6.78. The van der Waals surface area contributed by atoms with E-state index in [1.54, 1.807) is 25.1 Å². The van der Waals surface area contributed by atoms with Crippen molar-refractivity contribution in [3.8, 4) is 0 Å². The molecule has 9 heteroatoms. The predicted molar refractivity (Wildman–Crippen MR) is 100.0 cm³/mol. The summed E-state index contributed by atoms with van der Waals surface area (Å²) < 4.78 is 17.2. The predicted octanol–water partition coefficient (Wildman–Crippen LogP) is 2.91. The monoisotopic (exact) mass is 390 g/mol. The van der Waals surface area contributed by atoms with Gasteiger partial charge in [0, 0.05) is 11.8 Å². The van der Waals surface area contributed by atoms with E-state index in [-0.39, 0.29) is 16.9 Å². The Bertz CT molecular complexity index is 899. The fourth-order valence-corrected chi connectivity index (χ4v) is 3.18. The number of amides is 1. The highest BCUT2D eigenvalue weighted by Crippen LogP contribution is 2.23. The molecule has 2 atom stereocenters. The number of hydrogen-bond acceptors (Lipinski definition) is 6. The van der Waals surface area contributed by atoms with Crippen molar-refractivity contribution in [2.75, 3.05) is 11.1 Å². The maximum atomic E-state index is 12.4. The van der Waals surface area contributed by atoms with Crippen LogP contribution < -0.4 is 5.32 Å². The summed E-state index contributed by atoms with van der Waals surface area (Å²) in [6.07, 6.45) is -1.21. The van der Waals surface area contributed by atoms with Crippen LogP contribution in [0.25, 0.3) is 0 Å². The first-order valence-corrected chi connectivity index (χ1v) is 9.39. The van der Waals surface area contributed by atoms with Crippen molar-refractivity contribution in [1.82, 2.24) is 0 Å². The fourth-order valence-electron chi connectivity index (χ4n) is 2.24. The van der Waals surface area contributed by atoms with E-state index in [1.165, 1.54) is 37.3 Å². The molecule has 0 bridgehead atoms. The van der Waals surface area contributed by atoms with Gasteiger partial charge in [0.25, 0.3) is 11.6 Å². The van der Waals surface area contributed by atoms with Crippen LogP contribution in [0.3, 0.4) is 0 Å². The van der Waals surface area contributed by atoms with Crippen molar-refractivity contribution in [2.45, 2.75) is 24.8 Å². The van der Waals surface area contributed by atoms with Gasteiger partial charge < -0.3 is 10.1 Å². The Hall–Kier alpha value is -3.07. The second kappa shape index (κ2) is 9.04. The van der Waals surface area contributed by atoms with Gasteiger partial charge in [0.2, 0.25) is 0 Å². The molecule has 0 radical (unpaired) electrons. The Morgan fingerprint density at radius 2 is 1.81 bits per heavy atom. The summed E-state index contributed by atoms with van der Waals surface area (Å²) in [5, 5.41) is 13.4. The number of ether oxygens (including phenoxy) is 1. The van der Waals surface area contributed by atoms with Crippen LogP contribution in [-0.2, 0) is 20.3 Å². The fraction of sp³-hybridized carbons (Fsp3) is 0.222. The summed E-state index contributed by atoms with van der Waals surface area (Å²) in [6.45, 7) is 3.07. The van der Waals surface area contributed by atoms with Gasteiger partial charge in [0.15, 0.2) is 6.10 Å². The van der Waals surface area contributed by atoms with Gasteiger partial charge in [0.05, 0.1) is 26.2 Å².